The molecule has 2 heterocycles. The fourth-order valence-corrected chi connectivity index (χ4v) is 1.66. The molecule has 3 nitrogen and oxygen atoms in total. The quantitative estimate of drug-likeness (QED) is 0.642. The summed E-state index contributed by atoms with van der Waals surface area (Å²) in [4.78, 5) is 8.41. The Kier molecular flexibility index (Phi) is 2.11. The van der Waals surface area contributed by atoms with Crippen LogP contribution in [-0.2, 0) is 0 Å². The summed E-state index contributed by atoms with van der Waals surface area (Å²) in [5.41, 5.74) is 3.18. The molecule has 0 unspecified atom stereocenters. The van der Waals surface area contributed by atoms with Crippen LogP contribution < -0.4 is 0 Å². The van der Waals surface area contributed by atoms with E-state index in [0.29, 0.717) is 16.3 Å². The van der Waals surface area contributed by atoms with Crippen LogP contribution in [0.3, 0.4) is 0 Å². The lowest BCUT2D eigenvalue weighted by molar-refractivity contribution is 0.602. The summed E-state index contributed by atoms with van der Waals surface area (Å²) in [6, 6.07) is 11.3. The fraction of sp³-hybridized carbons (Fsp3) is 0. The van der Waals surface area contributed by atoms with Gasteiger partial charge < -0.3 is 4.42 Å². The molecular weight excluding hydrogens is 224 g/mol. The van der Waals surface area contributed by atoms with Crippen LogP contribution in [0.15, 0.2) is 47.2 Å². The lowest BCUT2D eigenvalue weighted by atomic mass is 10.1. The van der Waals surface area contributed by atoms with Crippen molar-refractivity contribution in [3.63, 3.8) is 0 Å². The van der Waals surface area contributed by atoms with Gasteiger partial charge in [0.25, 0.3) is 0 Å². The minimum absolute atomic E-state index is 0.618. The molecule has 3 aromatic rings. The van der Waals surface area contributed by atoms with Gasteiger partial charge in [-0.15, -0.1) is 0 Å². The number of nitrogens with zero attached hydrogens (tertiary/aromatic N) is 2. The van der Waals surface area contributed by atoms with Crippen LogP contribution in [0.1, 0.15) is 0 Å². The zero-order valence-corrected chi connectivity index (χ0v) is 8.98. The second kappa shape index (κ2) is 3.61. The standard InChI is InChI=1S/C12H7ClN2O/c13-9-3-1-8(2-4-9)10-5-6-11-12(15-10)14-7-16-11/h1-7H. The van der Waals surface area contributed by atoms with E-state index in [0.717, 1.165) is 11.3 Å². The second-order valence-electron chi connectivity index (χ2n) is 3.38. The van der Waals surface area contributed by atoms with E-state index in [-0.39, 0.29) is 0 Å². The number of oxazole rings is 1. The molecule has 0 amide bonds. The Bertz CT molecular complexity index is 631. The summed E-state index contributed by atoms with van der Waals surface area (Å²) < 4.78 is 5.13. The molecule has 78 valence electrons. The predicted octanol–water partition coefficient (Wildman–Crippen LogP) is 3.54. The number of rotatable bonds is 1. The largest absolute Gasteiger partial charge is 0.442 e. The van der Waals surface area contributed by atoms with Crippen LogP contribution in [0.25, 0.3) is 22.5 Å². The van der Waals surface area contributed by atoms with Crippen LogP contribution in [-0.4, -0.2) is 9.97 Å². The normalized spacial score (nSPS) is 10.8. The lowest BCUT2D eigenvalue weighted by Crippen LogP contribution is -1.83. The Morgan fingerprint density at radius 3 is 2.62 bits per heavy atom. The number of aromatic nitrogens is 2. The minimum atomic E-state index is 0.618. The van der Waals surface area contributed by atoms with Crippen LogP contribution >= 0.6 is 11.6 Å². The third kappa shape index (κ3) is 1.55. The summed E-state index contributed by atoms with van der Waals surface area (Å²) in [5, 5.41) is 0.714. The van der Waals surface area contributed by atoms with Gasteiger partial charge in [0.2, 0.25) is 0 Å². The first-order chi connectivity index (χ1) is 7.83. The number of pyridine rings is 1. The molecule has 0 bridgehead atoms. The maximum atomic E-state index is 5.83. The number of fused-ring (bicyclic) bond motifs is 1. The third-order valence-electron chi connectivity index (χ3n) is 2.33. The van der Waals surface area contributed by atoms with Gasteiger partial charge in [0.1, 0.15) is 0 Å². The first-order valence-corrected chi connectivity index (χ1v) is 5.17. The predicted molar refractivity (Wildman–Crippen MR) is 62.3 cm³/mol. The Morgan fingerprint density at radius 2 is 1.81 bits per heavy atom. The number of hydrogen-bond acceptors (Lipinski definition) is 3. The van der Waals surface area contributed by atoms with Crippen molar-refractivity contribution in [1.82, 2.24) is 9.97 Å². The van der Waals surface area contributed by atoms with Gasteiger partial charge in [-0.2, -0.15) is 4.98 Å². The zero-order chi connectivity index (χ0) is 11.0. The average molecular weight is 231 g/mol. The fourth-order valence-electron chi connectivity index (χ4n) is 1.53. The van der Waals surface area contributed by atoms with Gasteiger partial charge in [0, 0.05) is 10.6 Å². The van der Waals surface area contributed by atoms with Gasteiger partial charge in [0.15, 0.2) is 17.6 Å². The van der Waals surface area contributed by atoms with Gasteiger partial charge in [-0.05, 0) is 24.3 Å². The van der Waals surface area contributed by atoms with Crippen molar-refractivity contribution >= 4 is 22.8 Å². The molecule has 0 aliphatic rings. The number of benzene rings is 1. The highest BCUT2D eigenvalue weighted by molar-refractivity contribution is 6.30. The highest BCUT2D eigenvalue weighted by Crippen LogP contribution is 2.21. The summed E-state index contributed by atoms with van der Waals surface area (Å²) in [6.07, 6.45) is 1.39. The van der Waals surface area contributed by atoms with Crippen molar-refractivity contribution in [2.24, 2.45) is 0 Å². The van der Waals surface area contributed by atoms with Crippen molar-refractivity contribution in [1.29, 1.82) is 0 Å². The van der Waals surface area contributed by atoms with E-state index in [2.05, 4.69) is 9.97 Å². The molecule has 0 radical (unpaired) electrons. The monoisotopic (exact) mass is 230 g/mol. The Morgan fingerprint density at radius 1 is 1.00 bits per heavy atom. The molecule has 4 heteroatoms. The molecular formula is C12H7ClN2O. The highest BCUT2D eigenvalue weighted by atomic mass is 35.5. The summed E-state index contributed by atoms with van der Waals surface area (Å²) in [6.45, 7) is 0. The maximum Gasteiger partial charge on any atom is 0.199 e. The molecule has 0 aliphatic heterocycles. The molecule has 0 saturated carbocycles. The molecule has 0 spiro atoms. The smallest absolute Gasteiger partial charge is 0.199 e. The van der Waals surface area contributed by atoms with E-state index < -0.39 is 0 Å². The first kappa shape index (κ1) is 9.36. The van der Waals surface area contributed by atoms with Crippen molar-refractivity contribution in [3.8, 4) is 11.3 Å². The molecule has 0 aliphatic carbocycles. The van der Waals surface area contributed by atoms with Gasteiger partial charge in [0.05, 0.1) is 5.69 Å². The SMILES string of the molecule is Clc1ccc(-c2ccc3ocnc3n2)cc1. The van der Waals surface area contributed by atoms with Gasteiger partial charge in [-0.3, -0.25) is 0 Å². The minimum Gasteiger partial charge on any atom is -0.442 e. The third-order valence-corrected chi connectivity index (χ3v) is 2.59. The van der Waals surface area contributed by atoms with Crippen LogP contribution in [0.4, 0.5) is 0 Å². The van der Waals surface area contributed by atoms with Crippen molar-refractivity contribution in [2.75, 3.05) is 0 Å². The lowest BCUT2D eigenvalue weighted by Gasteiger charge is -1.99. The molecule has 0 N–H and O–H groups in total. The highest BCUT2D eigenvalue weighted by Gasteiger charge is 2.03. The number of hydrogen-bond donors (Lipinski definition) is 0. The summed E-state index contributed by atoms with van der Waals surface area (Å²) in [5.74, 6) is 0. The molecule has 3 rings (SSSR count). The summed E-state index contributed by atoms with van der Waals surface area (Å²) in [7, 11) is 0. The van der Waals surface area contributed by atoms with Crippen molar-refractivity contribution in [3.05, 3.63) is 47.8 Å². The van der Waals surface area contributed by atoms with E-state index >= 15 is 0 Å². The average Bonchev–Trinajstić information content (AvgIpc) is 2.77. The van der Waals surface area contributed by atoms with Gasteiger partial charge >= 0.3 is 0 Å². The topological polar surface area (TPSA) is 38.9 Å². The van der Waals surface area contributed by atoms with Crippen molar-refractivity contribution in [2.45, 2.75) is 0 Å². The van der Waals surface area contributed by atoms with Crippen LogP contribution in [0, 0.1) is 0 Å². The molecule has 0 saturated heterocycles. The van der Waals surface area contributed by atoms with E-state index in [9.17, 15) is 0 Å². The van der Waals surface area contributed by atoms with Gasteiger partial charge in [-0.25, -0.2) is 4.98 Å². The van der Waals surface area contributed by atoms with E-state index in [1.807, 2.05) is 36.4 Å². The van der Waals surface area contributed by atoms with Crippen LogP contribution in [0.2, 0.25) is 5.02 Å². The molecule has 0 fully saturated rings. The molecule has 2 aromatic heterocycles. The molecule has 16 heavy (non-hydrogen) atoms. The summed E-state index contributed by atoms with van der Waals surface area (Å²) >= 11 is 5.83. The van der Waals surface area contributed by atoms with E-state index in [1.165, 1.54) is 6.39 Å². The second-order valence-corrected chi connectivity index (χ2v) is 3.81. The van der Waals surface area contributed by atoms with E-state index in [4.69, 9.17) is 16.0 Å². The Labute approximate surface area is 96.7 Å². The van der Waals surface area contributed by atoms with Crippen molar-refractivity contribution < 1.29 is 4.42 Å². The Hall–Kier alpha value is -1.87. The first-order valence-electron chi connectivity index (χ1n) is 4.79. The van der Waals surface area contributed by atoms with Crippen LogP contribution in [0.5, 0.6) is 0 Å². The van der Waals surface area contributed by atoms with E-state index in [1.54, 1.807) is 0 Å². The Balaban J connectivity index is 2.14. The van der Waals surface area contributed by atoms with Gasteiger partial charge in [-0.1, -0.05) is 23.7 Å². The number of halogens is 1. The molecule has 1 aromatic carbocycles. The maximum absolute atomic E-state index is 5.83. The molecule has 0 atom stereocenters. The zero-order valence-electron chi connectivity index (χ0n) is 8.22.